The van der Waals surface area contributed by atoms with Crippen molar-refractivity contribution < 1.29 is 18.0 Å². The molecule has 1 aliphatic heterocycles. The maximum absolute atomic E-state index is 13.2. The topological polar surface area (TPSA) is 101 Å². The molecule has 0 aliphatic carbocycles. The molecule has 2 aromatic carbocycles. The van der Waals surface area contributed by atoms with Crippen molar-refractivity contribution in [1.29, 1.82) is 0 Å². The predicted molar refractivity (Wildman–Crippen MR) is 106 cm³/mol. The van der Waals surface area contributed by atoms with Gasteiger partial charge in [0, 0.05) is 19.0 Å². The first-order valence-corrected chi connectivity index (χ1v) is 10.5. The largest absolute Gasteiger partial charge is 0.369 e. The number of nitrogens with two attached hydrogens (primary N) is 1. The Kier molecular flexibility index (Phi) is 5.99. The summed E-state index contributed by atoms with van der Waals surface area (Å²) in [4.78, 5) is 25.9. The lowest BCUT2D eigenvalue weighted by atomic mass is 9.96. The zero-order chi connectivity index (χ0) is 20.1. The SMILES string of the molecule is NC(=O)C1CCN(C(=O)CN(c2ccccc2)S(=O)(=O)c2ccccc2)CC1. The Morgan fingerprint density at radius 1 is 0.964 bits per heavy atom. The van der Waals surface area contributed by atoms with Crippen LogP contribution in [-0.4, -0.2) is 44.8 Å². The number of hydrogen-bond donors (Lipinski definition) is 1. The molecule has 0 saturated carbocycles. The normalized spacial score (nSPS) is 15.2. The lowest BCUT2D eigenvalue weighted by Gasteiger charge is -2.33. The Bertz CT molecular complexity index is 924. The predicted octanol–water partition coefficient (Wildman–Crippen LogP) is 1.61. The Morgan fingerprint density at radius 3 is 2.04 bits per heavy atom. The highest BCUT2D eigenvalue weighted by atomic mass is 32.2. The first kappa shape index (κ1) is 19.9. The van der Waals surface area contributed by atoms with E-state index in [4.69, 9.17) is 5.73 Å². The molecule has 28 heavy (non-hydrogen) atoms. The summed E-state index contributed by atoms with van der Waals surface area (Å²) >= 11 is 0. The molecule has 8 heteroatoms. The van der Waals surface area contributed by atoms with Crippen LogP contribution in [0.15, 0.2) is 65.6 Å². The lowest BCUT2D eigenvalue weighted by molar-refractivity contribution is -0.133. The van der Waals surface area contributed by atoms with E-state index in [2.05, 4.69) is 0 Å². The maximum Gasteiger partial charge on any atom is 0.264 e. The van der Waals surface area contributed by atoms with E-state index < -0.39 is 10.0 Å². The zero-order valence-electron chi connectivity index (χ0n) is 15.4. The molecule has 0 unspecified atom stereocenters. The summed E-state index contributed by atoms with van der Waals surface area (Å²) in [7, 11) is -3.90. The quantitative estimate of drug-likeness (QED) is 0.794. The van der Waals surface area contributed by atoms with E-state index in [1.807, 2.05) is 0 Å². The summed E-state index contributed by atoms with van der Waals surface area (Å²) < 4.78 is 27.5. The Morgan fingerprint density at radius 2 is 1.50 bits per heavy atom. The molecular formula is C20H23N3O4S. The number of sulfonamides is 1. The van der Waals surface area contributed by atoms with Crippen molar-refractivity contribution in [2.45, 2.75) is 17.7 Å². The van der Waals surface area contributed by atoms with Crippen LogP contribution in [0.2, 0.25) is 0 Å². The summed E-state index contributed by atoms with van der Waals surface area (Å²) in [6.07, 6.45) is 0.996. The Balaban J connectivity index is 1.83. The molecule has 148 valence electrons. The number of carbonyl (C=O) groups excluding carboxylic acids is 2. The number of likely N-dealkylation sites (tertiary alicyclic amines) is 1. The van der Waals surface area contributed by atoms with Crippen LogP contribution in [0.4, 0.5) is 5.69 Å². The number of para-hydroxylation sites is 1. The van der Waals surface area contributed by atoms with Crippen LogP contribution in [0.5, 0.6) is 0 Å². The second-order valence-electron chi connectivity index (χ2n) is 6.72. The van der Waals surface area contributed by atoms with E-state index in [-0.39, 0.29) is 29.2 Å². The molecule has 1 aliphatic rings. The molecule has 1 saturated heterocycles. The third kappa shape index (κ3) is 4.33. The summed E-state index contributed by atoms with van der Waals surface area (Å²) in [5, 5.41) is 0. The van der Waals surface area contributed by atoms with Crippen LogP contribution in [0, 0.1) is 5.92 Å². The summed E-state index contributed by atoms with van der Waals surface area (Å²) in [5.41, 5.74) is 5.76. The van der Waals surface area contributed by atoms with Crippen LogP contribution < -0.4 is 10.0 Å². The number of hydrogen-bond acceptors (Lipinski definition) is 4. The number of anilines is 1. The third-order valence-corrected chi connectivity index (χ3v) is 6.69. The molecule has 7 nitrogen and oxygen atoms in total. The fourth-order valence-electron chi connectivity index (χ4n) is 3.27. The van der Waals surface area contributed by atoms with Gasteiger partial charge in [0.25, 0.3) is 10.0 Å². The van der Waals surface area contributed by atoms with Gasteiger partial charge in [-0.25, -0.2) is 8.42 Å². The number of primary amides is 1. The minimum Gasteiger partial charge on any atom is -0.369 e. The van der Waals surface area contributed by atoms with E-state index in [1.54, 1.807) is 53.4 Å². The van der Waals surface area contributed by atoms with E-state index in [0.29, 0.717) is 31.6 Å². The van der Waals surface area contributed by atoms with Crippen molar-refractivity contribution in [3.63, 3.8) is 0 Å². The minimum atomic E-state index is -3.90. The van der Waals surface area contributed by atoms with Gasteiger partial charge in [-0.3, -0.25) is 13.9 Å². The Labute approximate surface area is 164 Å². The van der Waals surface area contributed by atoms with Gasteiger partial charge in [-0.1, -0.05) is 36.4 Å². The van der Waals surface area contributed by atoms with E-state index in [0.717, 1.165) is 4.31 Å². The molecule has 0 atom stereocenters. The summed E-state index contributed by atoms with van der Waals surface area (Å²) in [5.74, 6) is -0.890. The van der Waals surface area contributed by atoms with Crippen molar-refractivity contribution in [3.05, 3.63) is 60.7 Å². The van der Waals surface area contributed by atoms with Crippen LogP contribution in [-0.2, 0) is 19.6 Å². The van der Waals surface area contributed by atoms with Crippen molar-refractivity contribution in [2.24, 2.45) is 11.7 Å². The monoisotopic (exact) mass is 401 g/mol. The fraction of sp³-hybridized carbons (Fsp3) is 0.300. The number of piperidine rings is 1. The van der Waals surface area contributed by atoms with Gasteiger partial charge < -0.3 is 10.6 Å². The molecule has 0 bridgehead atoms. The first-order valence-electron chi connectivity index (χ1n) is 9.09. The molecule has 3 rings (SSSR count). The van der Waals surface area contributed by atoms with Gasteiger partial charge >= 0.3 is 0 Å². The fourth-order valence-corrected chi connectivity index (χ4v) is 4.70. The van der Waals surface area contributed by atoms with Gasteiger partial charge in [0.1, 0.15) is 6.54 Å². The molecule has 2 aromatic rings. The average Bonchev–Trinajstić information content (AvgIpc) is 2.73. The van der Waals surface area contributed by atoms with Gasteiger partial charge in [-0.05, 0) is 37.1 Å². The molecule has 0 aromatic heterocycles. The smallest absolute Gasteiger partial charge is 0.264 e. The second-order valence-corrected chi connectivity index (χ2v) is 8.58. The van der Waals surface area contributed by atoms with Gasteiger partial charge in [-0.2, -0.15) is 0 Å². The highest BCUT2D eigenvalue weighted by Crippen LogP contribution is 2.24. The highest BCUT2D eigenvalue weighted by Gasteiger charge is 2.31. The summed E-state index contributed by atoms with van der Waals surface area (Å²) in [6.45, 7) is 0.476. The molecule has 0 spiro atoms. The zero-order valence-corrected chi connectivity index (χ0v) is 16.2. The number of nitrogens with zero attached hydrogens (tertiary/aromatic N) is 2. The van der Waals surface area contributed by atoms with Gasteiger partial charge in [0.15, 0.2) is 0 Å². The maximum atomic E-state index is 13.2. The third-order valence-electron chi connectivity index (χ3n) is 4.90. The van der Waals surface area contributed by atoms with Crippen LogP contribution in [0.1, 0.15) is 12.8 Å². The molecule has 1 fully saturated rings. The van der Waals surface area contributed by atoms with Gasteiger partial charge in [-0.15, -0.1) is 0 Å². The average molecular weight is 401 g/mol. The van der Waals surface area contributed by atoms with E-state index in [9.17, 15) is 18.0 Å². The van der Waals surface area contributed by atoms with Crippen molar-refractivity contribution in [2.75, 3.05) is 23.9 Å². The number of benzene rings is 2. The van der Waals surface area contributed by atoms with Gasteiger partial charge in [0.2, 0.25) is 11.8 Å². The molecule has 1 heterocycles. The van der Waals surface area contributed by atoms with Crippen LogP contribution >= 0.6 is 0 Å². The molecule has 2 N–H and O–H groups in total. The highest BCUT2D eigenvalue weighted by molar-refractivity contribution is 7.92. The van der Waals surface area contributed by atoms with E-state index in [1.165, 1.54) is 12.1 Å². The number of carbonyl (C=O) groups is 2. The van der Waals surface area contributed by atoms with Crippen molar-refractivity contribution in [3.8, 4) is 0 Å². The molecule has 2 amide bonds. The minimum absolute atomic E-state index is 0.124. The summed E-state index contributed by atoms with van der Waals surface area (Å²) in [6, 6.07) is 16.6. The molecule has 0 radical (unpaired) electrons. The number of rotatable bonds is 6. The van der Waals surface area contributed by atoms with Crippen LogP contribution in [0.3, 0.4) is 0 Å². The van der Waals surface area contributed by atoms with Crippen molar-refractivity contribution in [1.82, 2.24) is 4.90 Å². The van der Waals surface area contributed by atoms with Crippen LogP contribution in [0.25, 0.3) is 0 Å². The second kappa shape index (κ2) is 8.43. The number of amides is 2. The standard InChI is InChI=1S/C20H23N3O4S/c21-20(25)16-11-13-22(14-12-16)19(24)15-23(17-7-3-1-4-8-17)28(26,27)18-9-5-2-6-10-18/h1-10,16H,11-15H2,(H2,21,25). The van der Waals surface area contributed by atoms with E-state index >= 15 is 0 Å². The lowest BCUT2D eigenvalue weighted by Crippen LogP contribution is -2.47. The molecular weight excluding hydrogens is 378 g/mol. The van der Waals surface area contributed by atoms with Gasteiger partial charge in [0.05, 0.1) is 10.6 Å². The Hall–Kier alpha value is -2.87. The van der Waals surface area contributed by atoms with Crippen molar-refractivity contribution >= 4 is 27.5 Å². The first-order chi connectivity index (χ1) is 13.4.